The summed E-state index contributed by atoms with van der Waals surface area (Å²) in [5, 5.41) is 13.7. The van der Waals surface area contributed by atoms with Gasteiger partial charge in [0.15, 0.2) is 0 Å². The third kappa shape index (κ3) is 5.21. The fourth-order valence-corrected chi connectivity index (χ4v) is 3.63. The number of carbonyl (C=O) groups is 1. The van der Waals surface area contributed by atoms with Crippen molar-refractivity contribution in [3.8, 4) is 17.2 Å². The Morgan fingerprint density at radius 1 is 1.04 bits per heavy atom. The summed E-state index contributed by atoms with van der Waals surface area (Å²) in [5.41, 5.74) is 4.70. The molecular formula is C21H16Br2N2O3. The average Bonchev–Trinajstić information content (AvgIpc) is 2.66. The highest BCUT2D eigenvalue weighted by Gasteiger charge is 2.07. The first kappa shape index (κ1) is 20.1. The average molecular weight is 504 g/mol. The Morgan fingerprint density at radius 3 is 2.36 bits per heavy atom. The van der Waals surface area contributed by atoms with Gasteiger partial charge in [-0.3, -0.25) is 4.79 Å². The standard InChI is InChI=1S/C21H16Br2N2O3/c1-13-4-2-6-16(8-13)28-17-7-3-5-15(11-17)21(27)25-24-12-14-9-18(22)20(26)19(23)10-14/h2-12,26H,1H3,(H,25,27)/b24-12+. The predicted molar refractivity (Wildman–Crippen MR) is 116 cm³/mol. The van der Waals surface area contributed by atoms with Crippen molar-refractivity contribution in [1.29, 1.82) is 0 Å². The van der Waals surface area contributed by atoms with Crippen LogP contribution in [0.3, 0.4) is 0 Å². The molecule has 0 bridgehead atoms. The monoisotopic (exact) mass is 502 g/mol. The summed E-state index contributed by atoms with van der Waals surface area (Å²) in [6.07, 6.45) is 1.49. The van der Waals surface area contributed by atoms with Gasteiger partial charge in [-0.1, -0.05) is 18.2 Å². The molecule has 28 heavy (non-hydrogen) atoms. The molecule has 0 aliphatic rings. The Kier molecular flexibility index (Phi) is 6.49. The lowest BCUT2D eigenvalue weighted by molar-refractivity contribution is 0.0955. The van der Waals surface area contributed by atoms with Crippen LogP contribution >= 0.6 is 31.9 Å². The summed E-state index contributed by atoms with van der Waals surface area (Å²) in [6.45, 7) is 1.99. The molecule has 1 amide bonds. The normalized spacial score (nSPS) is 10.8. The van der Waals surface area contributed by atoms with Crippen LogP contribution in [-0.2, 0) is 0 Å². The number of hydrogen-bond acceptors (Lipinski definition) is 4. The minimum atomic E-state index is -0.358. The van der Waals surface area contributed by atoms with E-state index in [4.69, 9.17) is 4.74 Å². The zero-order valence-electron chi connectivity index (χ0n) is 14.8. The number of rotatable bonds is 5. The first-order valence-corrected chi connectivity index (χ1v) is 9.87. The van der Waals surface area contributed by atoms with E-state index >= 15 is 0 Å². The van der Waals surface area contributed by atoms with Crippen molar-refractivity contribution in [3.63, 3.8) is 0 Å². The van der Waals surface area contributed by atoms with Gasteiger partial charge in [-0.2, -0.15) is 5.10 Å². The third-order valence-corrected chi connectivity index (χ3v) is 4.95. The molecule has 0 saturated heterocycles. The molecule has 3 aromatic carbocycles. The zero-order valence-corrected chi connectivity index (χ0v) is 18.0. The van der Waals surface area contributed by atoms with Gasteiger partial charge in [0.2, 0.25) is 0 Å². The zero-order chi connectivity index (χ0) is 20.1. The van der Waals surface area contributed by atoms with Crippen LogP contribution in [0.15, 0.2) is 74.7 Å². The maximum absolute atomic E-state index is 12.3. The number of hydrazone groups is 1. The van der Waals surface area contributed by atoms with E-state index in [-0.39, 0.29) is 11.7 Å². The van der Waals surface area contributed by atoms with Crippen LogP contribution in [0, 0.1) is 6.92 Å². The van der Waals surface area contributed by atoms with Crippen LogP contribution in [0.2, 0.25) is 0 Å². The molecule has 0 aliphatic carbocycles. The topological polar surface area (TPSA) is 70.9 Å². The van der Waals surface area contributed by atoms with E-state index in [1.165, 1.54) is 6.21 Å². The Hall–Kier alpha value is -2.64. The van der Waals surface area contributed by atoms with Gasteiger partial charge >= 0.3 is 0 Å². The van der Waals surface area contributed by atoms with Gasteiger partial charge in [-0.05, 0) is 92.4 Å². The Bertz CT molecular complexity index is 1030. The number of carbonyl (C=O) groups excluding carboxylic acids is 1. The van der Waals surface area contributed by atoms with Gasteiger partial charge in [0, 0.05) is 5.56 Å². The Labute approximate surface area is 179 Å². The summed E-state index contributed by atoms with van der Waals surface area (Å²) < 4.78 is 6.86. The van der Waals surface area contributed by atoms with Gasteiger partial charge in [-0.15, -0.1) is 0 Å². The summed E-state index contributed by atoms with van der Waals surface area (Å²) in [5.74, 6) is 1.02. The highest BCUT2D eigenvalue weighted by atomic mass is 79.9. The predicted octanol–water partition coefficient (Wildman–Crippen LogP) is 5.78. The number of phenolic OH excluding ortho intramolecular Hbond substituents is 1. The van der Waals surface area contributed by atoms with Crippen LogP contribution < -0.4 is 10.2 Å². The number of ether oxygens (including phenoxy) is 1. The van der Waals surface area contributed by atoms with Gasteiger partial charge < -0.3 is 9.84 Å². The maximum Gasteiger partial charge on any atom is 0.271 e. The second-order valence-electron chi connectivity index (χ2n) is 5.98. The minimum Gasteiger partial charge on any atom is -0.506 e. The van der Waals surface area contributed by atoms with Gasteiger partial charge in [-0.25, -0.2) is 5.43 Å². The maximum atomic E-state index is 12.3. The van der Waals surface area contributed by atoms with Gasteiger partial charge in [0.25, 0.3) is 5.91 Å². The first-order valence-electron chi connectivity index (χ1n) is 8.28. The Morgan fingerprint density at radius 2 is 1.68 bits per heavy atom. The fraction of sp³-hybridized carbons (Fsp3) is 0.0476. The number of aryl methyl sites for hydroxylation is 1. The van der Waals surface area contributed by atoms with E-state index < -0.39 is 0 Å². The molecule has 0 unspecified atom stereocenters. The van der Waals surface area contributed by atoms with Crippen LogP contribution in [0.1, 0.15) is 21.5 Å². The van der Waals surface area contributed by atoms with Crippen LogP contribution in [-0.4, -0.2) is 17.2 Å². The molecule has 2 N–H and O–H groups in total. The highest BCUT2D eigenvalue weighted by Crippen LogP contribution is 2.32. The van der Waals surface area contributed by atoms with E-state index in [9.17, 15) is 9.90 Å². The van der Waals surface area contributed by atoms with Crippen LogP contribution in [0.4, 0.5) is 0 Å². The molecule has 142 valence electrons. The molecule has 0 aliphatic heterocycles. The van der Waals surface area contributed by atoms with Crippen molar-refractivity contribution in [3.05, 3.63) is 86.3 Å². The molecular weight excluding hydrogens is 488 g/mol. The molecule has 7 heteroatoms. The molecule has 0 spiro atoms. The van der Waals surface area contributed by atoms with E-state index in [0.717, 1.165) is 5.56 Å². The number of nitrogens with zero attached hydrogens (tertiary/aromatic N) is 1. The number of hydrogen-bond donors (Lipinski definition) is 2. The number of amides is 1. The molecule has 0 radical (unpaired) electrons. The molecule has 3 aromatic rings. The first-order chi connectivity index (χ1) is 13.4. The van der Waals surface area contributed by atoms with Crippen molar-refractivity contribution in [2.24, 2.45) is 5.10 Å². The van der Waals surface area contributed by atoms with Crippen LogP contribution in [0.5, 0.6) is 17.2 Å². The summed E-state index contributed by atoms with van der Waals surface area (Å²) >= 11 is 6.50. The minimum absolute atomic E-state index is 0.103. The number of benzene rings is 3. The van der Waals surface area contributed by atoms with Crippen molar-refractivity contribution in [2.45, 2.75) is 6.92 Å². The molecule has 0 fully saturated rings. The summed E-state index contributed by atoms with van der Waals surface area (Å²) in [6, 6.07) is 17.9. The lowest BCUT2D eigenvalue weighted by Gasteiger charge is -2.08. The number of phenols is 1. The largest absolute Gasteiger partial charge is 0.506 e. The fourth-order valence-electron chi connectivity index (χ4n) is 2.41. The summed E-state index contributed by atoms with van der Waals surface area (Å²) in [4.78, 5) is 12.3. The lowest BCUT2D eigenvalue weighted by atomic mass is 10.2. The van der Waals surface area contributed by atoms with Gasteiger partial charge in [0.05, 0.1) is 15.2 Å². The van der Waals surface area contributed by atoms with E-state index in [1.807, 2.05) is 31.2 Å². The van der Waals surface area contributed by atoms with Gasteiger partial charge in [0.1, 0.15) is 17.2 Å². The quantitative estimate of drug-likeness (QED) is 0.342. The van der Waals surface area contributed by atoms with Crippen molar-refractivity contribution >= 4 is 44.0 Å². The molecule has 0 saturated carbocycles. The third-order valence-electron chi connectivity index (χ3n) is 3.74. The Balaban J connectivity index is 1.68. The SMILES string of the molecule is Cc1cccc(Oc2cccc(C(=O)N/N=C/c3cc(Br)c(O)c(Br)c3)c2)c1. The smallest absolute Gasteiger partial charge is 0.271 e. The second kappa shape index (κ2) is 9.03. The molecule has 0 atom stereocenters. The molecule has 0 heterocycles. The number of halogens is 2. The van der Waals surface area contributed by atoms with Crippen molar-refractivity contribution in [2.75, 3.05) is 0 Å². The lowest BCUT2D eigenvalue weighted by Crippen LogP contribution is -2.17. The number of aromatic hydroxyl groups is 1. The van der Waals surface area contributed by atoms with E-state index in [2.05, 4.69) is 42.4 Å². The van der Waals surface area contributed by atoms with Crippen molar-refractivity contribution < 1.29 is 14.6 Å². The molecule has 0 aromatic heterocycles. The second-order valence-corrected chi connectivity index (χ2v) is 7.69. The van der Waals surface area contributed by atoms with E-state index in [0.29, 0.717) is 31.6 Å². The number of nitrogens with one attached hydrogen (secondary N) is 1. The summed E-state index contributed by atoms with van der Waals surface area (Å²) in [7, 11) is 0. The van der Waals surface area contributed by atoms with Crippen LogP contribution in [0.25, 0.3) is 0 Å². The highest BCUT2D eigenvalue weighted by molar-refractivity contribution is 9.11. The molecule has 3 rings (SSSR count). The molecule has 5 nitrogen and oxygen atoms in total. The van der Waals surface area contributed by atoms with Crippen molar-refractivity contribution in [1.82, 2.24) is 5.43 Å². The van der Waals surface area contributed by atoms with E-state index in [1.54, 1.807) is 36.4 Å².